The Morgan fingerprint density at radius 1 is 1.04 bits per heavy atom. The van der Waals surface area contributed by atoms with Crippen LogP contribution in [0.2, 0.25) is 0 Å². The maximum Gasteiger partial charge on any atom is 0.153 e. The average Bonchev–Trinajstić information content (AvgIpc) is 3.02. The molecule has 0 bridgehead atoms. The molecule has 0 saturated carbocycles. The van der Waals surface area contributed by atoms with E-state index in [1.54, 1.807) is 23.8 Å². The summed E-state index contributed by atoms with van der Waals surface area (Å²) in [5.74, 6) is 0. The van der Waals surface area contributed by atoms with Gasteiger partial charge in [0.15, 0.2) is 4.90 Å². The van der Waals surface area contributed by atoms with E-state index >= 15 is 0 Å². The minimum atomic E-state index is -1.02. The van der Waals surface area contributed by atoms with Crippen LogP contribution in [0.25, 0.3) is 21.1 Å². The molecule has 4 rings (SSSR count). The van der Waals surface area contributed by atoms with Gasteiger partial charge in [-0.1, -0.05) is 0 Å². The highest BCUT2D eigenvalue weighted by molar-refractivity contribution is 7.90. The van der Waals surface area contributed by atoms with Crippen LogP contribution in [0.5, 0.6) is 0 Å². The Morgan fingerprint density at radius 3 is 2.83 bits per heavy atom. The topological polar surface area (TPSA) is 60.9 Å². The van der Waals surface area contributed by atoms with Gasteiger partial charge in [-0.2, -0.15) is 0 Å². The van der Waals surface area contributed by atoms with Crippen LogP contribution in [0.4, 0.5) is 11.4 Å². The van der Waals surface area contributed by atoms with Crippen molar-refractivity contribution in [2.24, 2.45) is 0 Å². The molecule has 114 valence electrons. The highest BCUT2D eigenvalue weighted by Gasteiger charge is 2.09. The molecule has 6 heteroatoms. The fraction of sp³-hybridized carbons (Fsp3) is 0.0588. The molecular formula is C17H13N3OS2. The predicted molar refractivity (Wildman–Crippen MR) is 97.0 cm³/mol. The quantitative estimate of drug-likeness (QED) is 0.565. The van der Waals surface area contributed by atoms with Gasteiger partial charge in [-0.15, -0.1) is 11.3 Å². The first-order valence-corrected chi connectivity index (χ1v) is 9.47. The number of rotatable bonds is 3. The Morgan fingerprint density at radius 2 is 1.96 bits per heavy atom. The van der Waals surface area contributed by atoms with E-state index < -0.39 is 11.2 Å². The van der Waals surface area contributed by atoms with Gasteiger partial charge in [-0.25, -0.2) is 4.98 Å². The zero-order valence-corrected chi connectivity index (χ0v) is 13.9. The molecule has 0 aliphatic heterocycles. The van der Waals surface area contributed by atoms with Crippen LogP contribution in [-0.2, 0) is 11.2 Å². The normalized spacial score (nSPS) is 12.6. The van der Waals surface area contributed by atoms with E-state index in [1.165, 1.54) is 4.70 Å². The summed E-state index contributed by atoms with van der Waals surface area (Å²) in [5.41, 5.74) is 5.61. The molecule has 4 nitrogen and oxygen atoms in total. The van der Waals surface area contributed by atoms with Crippen molar-refractivity contribution in [2.45, 2.75) is 4.90 Å². The van der Waals surface area contributed by atoms with Crippen molar-refractivity contribution in [3.8, 4) is 0 Å². The summed E-state index contributed by atoms with van der Waals surface area (Å²) in [6.45, 7) is 0. The Hall–Kier alpha value is -2.15. The number of hydrogen-bond acceptors (Lipinski definition) is 5. The van der Waals surface area contributed by atoms with Gasteiger partial charge < -0.3 is 9.87 Å². The fourth-order valence-electron chi connectivity index (χ4n) is 2.50. The van der Waals surface area contributed by atoms with E-state index in [1.807, 2.05) is 41.9 Å². The van der Waals surface area contributed by atoms with E-state index in [0.29, 0.717) is 0 Å². The van der Waals surface area contributed by atoms with E-state index in [4.69, 9.17) is 0 Å². The second-order valence-corrected chi connectivity index (χ2v) is 7.42. The third kappa shape index (κ3) is 2.76. The van der Waals surface area contributed by atoms with Crippen molar-refractivity contribution in [3.05, 3.63) is 54.2 Å². The molecule has 1 atom stereocenters. The van der Waals surface area contributed by atoms with Crippen LogP contribution in [-0.4, -0.2) is 20.8 Å². The number of benzene rings is 2. The summed E-state index contributed by atoms with van der Waals surface area (Å²) in [6.07, 6.45) is 3.45. The molecular weight excluding hydrogens is 326 g/mol. The summed E-state index contributed by atoms with van der Waals surface area (Å²) in [7, 11) is 0. The predicted octanol–water partition coefficient (Wildman–Crippen LogP) is 4.33. The monoisotopic (exact) mass is 339 g/mol. The molecule has 0 aliphatic carbocycles. The summed E-state index contributed by atoms with van der Waals surface area (Å²) >= 11 is 0.610. The third-order valence-corrected chi connectivity index (χ3v) is 5.38. The van der Waals surface area contributed by atoms with E-state index in [9.17, 15) is 4.55 Å². The SMILES string of the molecule is C[S@+]([O-])c1ccc2nccc(Nc3ccc4scnc4c3)c2c1. The Bertz CT molecular complexity index is 997. The zero-order valence-electron chi connectivity index (χ0n) is 12.3. The lowest BCUT2D eigenvalue weighted by atomic mass is 10.2. The van der Waals surface area contributed by atoms with Crippen LogP contribution < -0.4 is 5.32 Å². The lowest BCUT2D eigenvalue weighted by Gasteiger charge is -2.11. The van der Waals surface area contributed by atoms with Crippen molar-refractivity contribution in [1.82, 2.24) is 9.97 Å². The minimum absolute atomic E-state index is 0.795. The third-order valence-electron chi connectivity index (χ3n) is 3.65. The van der Waals surface area contributed by atoms with Gasteiger partial charge >= 0.3 is 0 Å². The molecule has 0 amide bonds. The molecule has 2 aromatic heterocycles. The number of nitrogens with one attached hydrogen (secondary N) is 1. The van der Waals surface area contributed by atoms with Crippen molar-refractivity contribution < 1.29 is 4.55 Å². The largest absolute Gasteiger partial charge is 0.612 e. The van der Waals surface area contributed by atoms with Gasteiger partial charge in [-0.05, 0) is 47.6 Å². The summed E-state index contributed by atoms with van der Waals surface area (Å²) in [6, 6.07) is 13.7. The molecule has 0 aliphatic rings. The lowest BCUT2D eigenvalue weighted by Crippen LogP contribution is -1.98. The number of anilines is 2. The van der Waals surface area contributed by atoms with Crippen LogP contribution in [0, 0.1) is 0 Å². The van der Waals surface area contributed by atoms with Gasteiger partial charge in [0.1, 0.15) is 6.26 Å². The number of pyridine rings is 1. The van der Waals surface area contributed by atoms with Gasteiger partial charge in [-0.3, -0.25) is 4.98 Å². The first-order chi connectivity index (χ1) is 11.2. The van der Waals surface area contributed by atoms with Gasteiger partial charge in [0.2, 0.25) is 0 Å². The van der Waals surface area contributed by atoms with E-state index in [0.717, 1.165) is 32.7 Å². The minimum Gasteiger partial charge on any atom is -0.612 e. The summed E-state index contributed by atoms with van der Waals surface area (Å²) < 4.78 is 12.9. The Labute approximate surface area is 140 Å². The first kappa shape index (κ1) is 14.4. The molecule has 23 heavy (non-hydrogen) atoms. The molecule has 2 aromatic carbocycles. The van der Waals surface area contributed by atoms with Gasteiger partial charge in [0, 0.05) is 29.0 Å². The number of nitrogens with zero attached hydrogens (tertiary/aromatic N) is 2. The molecule has 4 aromatic rings. The second-order valence-electron chi connectivity index (χ2n) is 5.15. The Kier molecular flexibility index (Phi) is 3.65. The maximum absolute atomic E-state index is 11.7. The number of thiazole rings is 1. The highest BCUT2D eigenvalue weighted by Crippen LogP contribution is 2.29. The van der Waals surface area contributed by atoms with Crippen LogP contribution >= 0.6 is 11.3 Å². The molecule has 0 fully saturated rings. The number of hydrogen-bond donors (Lipinski definition) is 1. The van der Waals surface area contributed by atoms with Crippen LogP contribution in [0.1, 0.15) is 0 Å². The summed E-state index contributed by atoms with van der Waals surface area (Å²) in [5, 5.41) is 4.38. The molecule has 0 unspecified atom stereocenters. The average molecular weight is 339 g/mol. The zero-order chi connectivity index (χ0) is 15.8. The van der Waals surface area contributed by atoms with Crippen molar-refractivity contribution in [3.63, 3.8) is 0 Å². The van der Waals surface area contributed by atoms with E-state index in [-0.39, 0.29) is 0 Å². The van der Waals surface area contributed by atoms with Gasteiger partial charge in [0.25, 0.3) is 0 Å². The molecule has 0 spiro atoms. The highest BCUT2D eigenvalue weighted by atomic mass is 32.2. The lowest BCUT2D eigenvalue weighted by molar-refractivity contribution is 0.601. The Balaban J connectivity index is 1.79. The van der Waals surface area contributed by atoms with Crippen molar-refractivity contribution >= 4 is 55.0 Å². The van der Waals surface area contributed by atoms with Gasteiger partial charge in [0.05, 0.1) is 21.2 Å². The molecule has 0 saturated heterocycles. The second kappa shape index (κ2) is 5.81. The standard InChI is InChI=1S/C17H13N3OS2/c1-23(21)12-3-4-14-13(9-12)15(6-7-18-14)20-11-2-5-17-16(8-11)19-10-22-17/h2-10H,1H3,(H,18,20)/t23-/m0/s1. The van der Waals surface area contributed by atoms with E-state index in [2.05, 4.69) is 21.4 Å². The van der Waals surface area contributed by atoms with Crippen LogP contribution in [0.3, 0.4) is 0 Å². The molecule has 1 N–H and O–H groups in total. The van der Waals surface area contributed by atoms with Crippen molar-refractivity contribution in [2.75, 3.05) is 11.6 Å². The van der Waals surface area contributed by atoms with Crippen LogP contribution in [0.15, 0.2) is 59.1 Å². The number of fused-ring (bicyclic) bond motifs is 2. The summed E-state index contributed by atoms with van der Waals surface area (Å²) in [4.78, 5) is 9.52. The molecule has 2 heterocycles. The number of aromatic nitrogens is 2. The fourth-order valence-corrected chi connectivity index (χ4v) is 3.71. The maximum atomic E-state index is 11.7. The molecule has 0 radical (unpaired) electrons. The smallest absolute Gasteiger partial charge is 0.153 e. The first-order valence-electron chi connectivity index (χ1n) is 7.03. The van der Waals surface area contributed by atoms with Crippen molar-refractivity contribution in [1.29, 1.82) is 0 Å².